The maximum absolute atomic E-state index is 12.8. The number of hydrogen-bond acceptors (Lipinski definition) is 6. The van der Waals surface area contributed by atoms with Gasteiger partial charge in [-0.2, -0.15) is 0 Å². The number of benzene rings is 2. The van der Waals surface area contributed by atoms with Crippen LogP contribution >= 0.6 is 22.9 Å². The zero-order chi connectivity index (χ0) is 22.9. The third kappa shape index (κ3) is 6.57. The molecule has 32 heavy (non-hydrogen) atoms. The van der Waals surface area contributed by atoms with E-state index in [0.717, 1.165) is 32.5 Å². The molecule has 0 aliphatic heterocycles. The average Bonchev–Trinajstić information content (AvgIpc) is 3.29. The monoisotopic (exact) mass is 472 g/mol. The molecular weight excluding hydrogens is 452 g/mol. The Morgan fingerprint density at radius 1 is 0.812 bits per heavy atom. The quantitative estimate of drug-likeness (QED) is 0.337. The Balaban J connectivity index is 1.70. The van der Waals surface area contributed by atoms with Crippen LogP contribution in [0.25, 0.3) is 0 Å². The third-order valence-corrected chi connectivity index (χ3v) is 5.79. The molecule has 0 unspecified atom stereocenters. The lowest BCUT2D eigenvalue weighted by molar-refractivity contribution is -0.0162. The van der Waals surface area contributed by atoms with Crippen LogP contribution in [0.1, 0.15) is 25.7 Å². The molecule has 0 atom stereocenters. The van der Waals surface area contributed by atoms with Gasteiger partial charge in [0, 0.05) is 11.9 Å². The summed E-state index contributed by atoms with van der Waals surface area (Å²) in [5.74, 6) is 0. The molecule has 7 nitrogen and oxygen atoms in total. The van der Waals surface area contributed by atoms with Gasteiger partial charge in [-0.25, -0.2) is 19.6 Å². The highest BCUT2D eigenvalue weighted by Gasteiger charge is 2.26. The summed E-state index contributed by atoms with van der Waals surface area (Å²) < 4.78 is 10.7. The maximum Gasteiger partial charge on any atom is 0.429 e. The second-order valence-electron chi connectivity index (χ2n) is 6.70. The van der Waals surface area contributed by atoms with Gasteiger partial charge in [0.15, 0.2) is 0 Å². The third-order valence-electron chi connectivity index (χ3n) is 4.41. The highest BCUT2D eigenvalue weighted by Crippen LogP contribution is 2.21. The minimum atomic E-state index is -0.736. The summed E-state index contributed by atoms with van der Waals surface area (Å²) in [6.45, 7) is 0.0964. The molecule has 0 spiro atoms. The first-order chi connectivity index (χ1) is 15.4. The largest absolute Gasteiger partial charge is 0.443 e. The van der Waals surface area contributed by atoms with E-state index < -0.39 is 17.4 Å². The van der Waals surface area contributed by atoms with Crippen molar-refractivity contribution in [1.29, 1.82) is 0 Å². The smallest absolute Gasteiger partial charge is 0.429 e. The van der Waals surface area contributed by atoms with Crippen molar-refractivity contribution in [3.05, 3.63) is 93.7 Å². The molecule has 0 N–H and O–H groups in total. The molecule has 2 aromatic carbocycles. The molecule has 0 bridgehead atoms. The molecule has 1 heterocycles. The van der Waals surface area contributed by atoms with Crippen molar-refractivity contribution >= 4 is 40.4 Å². The lowest BCUT2D eigenvalue weighted by Gasteiger charge is -2.30. The van der Waals surface area contributed by atoms with Crippen molar-refractivity contribution in [2.24, 2.45) is 0 Å². The van der Waals surface area contributed by atoms with Crippen molar-refractivity contribution < 1.29 is 23.9 Å². The molecule has 166 valence electrons. The Bertz CT molecular complexity index is 1060. The summed E-state index contributed by atoms with van der Waals surface area (Å²) in [5.41, 5.74) is 1.62. The molecule has 0 aliphatic carbocycles. The van der Waals surface area contributed by atoms with Gasteiger partial charge in [-0.3, -0.25) is 4.79 Å². The molecule has 3 aromatic rings. The van der Waals surface area contributed by atoms with Crippen molar-refractivity contribution in [2.75, 3.05) is 7.05 Å². The predicted octanol–water partition coefficient (Wildman–Crippen LogP) is 5.45. The zero-order valence-electron chi connectivity index (χ0n) is 17.3. The molecule has 3 rings (SSSR count). The molecule has 0 saturated carbocycles. The average molecular weight is 473 g/mol. The van der Waals surface area contributed by atoms with Crippen LogP contribution in [0, 0.1) is 0 Å². The highest BCUT2D eigenvalue weighted by molar-refractivity contribution is 7.15. The number of rotatable bonds is 7. The first-order valence-electron chi connectivity index (χ1n) is 9.65. The van der Waals surface area contributed by atoms with Crippen LogP contribution in [0.2, 0.25) is 0 Å². The van der Waals surface area contributed by atoms with E-state index in [0.29, 0.717) is 9.75 Å². The number of carbonyl (C=O) groups is 3. The van der Waals surface area contributed by atoms with E-state index in [1.54, 1.807) is 12.1 Å². The topological polar surface area (TPSA) is 76.2 Å². The van der Waals surface area contributed by atoms with E-state index in [4.69, 9.17) is 21.1 Å². The van der Waals surface area contributed by atoms with Crippen LogP contribution in [-0.2, 0) is 29.2 Å². The normalized spacial score (nSPS) is 10.3. The first-order valence-corrected chi connectivity index (χ1v) is 10.8. The van der Waals surface area contributed by atoms with E-state index in [-0.39, 0.29) is 19.8 Å². The first kappa shape index (κ1) is 23.3. The van der Waals surface area contributed by atoms with Crippen molar-refractivity contribution in [1.82, 2.24) is 10.0 Å². The molecule has 0 saturated heterocycles. The Morgan fingerprint density at radius 3 is 1.84 bits per heavy atom. The number of hydrogen-bond donors (Lipinski definition) is 0. The van der Waals surface area contributed by atoms with Gasteiger partial charge in [-0.1, -0.05) is 60.7 Å². The number of amides is 2. The Kier molecular flexibility index (Phi) is 8.24. The van der Waals surface area contributed by atoms with Crippen LogP contribution < -0.4 is 0 Å². The lowest BCUT2D eigenvalue weighted by atomic mass is 10.2. The molecule has 1 aromatic heterocycles. The van der Waals surface area contributed by atoms with Crippen molar-refractivity contribution in [2.45, 2.75) is 19.8 Å². The van der Waals surface area contributed by atoms with Gasteiger partial charge in [0.2, 0.25) is 0 Å². The second kappa shape index (κ2) is 11.3. The van der Waals surface area contributed by atoms with Gasteiger partial charge in [-0.05, 0) is 34.9 Å². The SMILES string of the molecule is CN(C(=O)OCc1ccccc1)N(Cc1ccc(C(=O)Cl)s1)C(=O)OCc1ccccc1. The molecular formula is C23H21ClN2O5S. The Hall–Kier alpha value is -3.36. The van der Waals surface area contributed by atoms with Crippen LogP contribution in [0.15, 0.2) is 72.8 Å². The maximum atomic E-state index is 12.8. The molecule has 9 heteroatoms. The van der Waals surface area contributed by atoms with E-state index in [1.165, 1.54) is 7.05 Å². The van der Waals surface area contributed by atoms with Gasteiger partial charge < -0.3 is 9.47 Å². The Labute approximate surface area is 194 Å². The van der Waals surface area contributed by atoms with E-state index >= 15 is 0 Å². The summed E-state index contributed by atoms with van der Waals surface area (Å²) >= 11 is 6.66. The fourth-order valence-electron chi connectivity index (χ4n) is 2.71. The summed E-state index contributed by atoms with van der Waals surface area (Å²) in [4.78, 5) is 37.8. The van der Waals surface area contributed by atoms with Crippen LogP contribution in [0.5, 0.6) is 0 Å². The number of hydrazine groups is 1. The van der Waals surface area contributed by atoms with Gasteiger partial charge in [0.1, 0.15) is 13.2 Å². The van der Waals surface area contributed by atoms with Gasteiger partial charge in [0.05, 0.1) is 11.4 Å². The molecule has 0 aliphatic rings. The van der Waals surface area contributed by atoms with Crippen molar-refractivity contribution in [3.63, 3.8) is 0 Å². The van der Waals surface area contributed by atoms with E-state index in [1.807, 2.05) is 60.7 Å². The molecule has 0 fully saturated rings. The number of nitrogens with zero attached hydrogens (tertiary/aromatic N) is 2. The standard InChI is InChI=1S/C23H21ClN2O5S/c1-25(22(28)30-15-17-8-4-2-5-9-17)26(14-19-12-13-20(32-19)21(24)27)23(29)31-16-18-10-6-3-7-11-18/h2-13H,14-16H2,1H3. The second-order valence-corrected chi connectivity index (χ2v) is 8.21. The number of thiophene rings is 1. The molecule has 2 amide bonds. The zero-order valence-corrected chi connectivity index (χ0v) is 18.8. The van der Waals surface area contributed by atoms with Crippen molar-refractivity contribution in [3.8, 4) is 0 Å². The number of carbonyl (C=O) groups excluding carboxylic acids is 3. The fourth-order valence-corrected chi connectivity index (χ4v) is 3.71. The summed E-state index contributed by atoms with van der Waals surface area (Å²) in [5, 5.41) is 1.58. The fraction of sp³-hybridized carbons (Fsp3) is 0.174. The predicted molar refractivity (Wildman–Crippen MR) is 121 cm³/mol. The highest BCUT2D eigenvalue weighted by atomic mass is 35.5. The summed E-state index contributed by atoms with van der Waals surface area (Å²) in [7, 11) is 1.42. The minimum Gasteiger partial charge on any atom is -0.443 e. The summed E-state index contributed by atoms with van der Waals surface area (Å²) in [6, 6.07) is 21.6. The van der Waals surface area contributed by atoms with Crippen LogP contribution in [-0.4, -0.2) is 34.5 Å². The number of ether oxygens (including phenoxy) is 2. The minimum absolute atomic E-state index is 0.000600. The van der Waals surface area contributed by atoms with Gasteiger partial charge in [0.25, 0.3) is 5.24 Å². The lowest BCUT2D eigenvalue weighted by Crippen LogP contribution is -2.47. The van der Waals surface area contributed by atoms with Gasteiger partial charge >= 0.3 is 12.2 Å². The number of halogens is 1. The van der Waals surface area contributed by atoms with Crippen LogP contribution in [0.3, 0.4) is 0 Å². The summed E-state index contributed by atoms with van der Waals surface area (Å²) in [6.07, 6.45) is -1.46. The van der Waals surface area contributed by atoms with Gasteiger partial charge in [-0.15, -0.1) is 11.3 Å². The van der Waals surface area contributed by atoms with E-state index in [9.17, 15) is 14.4 Å². The molecule has 0 radical (unpaired) electrons. The van der Waals surface area contributed by atoms with E-state index in [2.05, 4.69) is 0 Å². The van der Waals surface area contributed by atoms with Crippen LogP contribution in [0.4, 0.5) is 9.59 Å². The Morgan fingerprint density at radius 2 is 1.34 bits per heavy atom.